The van der Waals surface area contributed by atoms with Crippen LogP contribution in [0.5, 0.6) is 0 Å². The van der Waals surface area contributed by atoms with E-state index in [1.54, 1.807) is 0 Å². The van der Waals surface area contributed by atoms with Crippen molar-refractivity contribution >= 4 is 16.0 Å². The van der Waals surface area contributed by atoms with Gasteiger partial charge < -0.3 is 10.5 Å². The van der Waals surface area contributed by atoms with Crippen molar-refractivity contribution in [2.24, 2.45) is 5.73 Å². The standard InChI is InChI=1S/C10H20N4O3S/c11-10(12)3-4-14(9-1-2-9)18(15,16)13-5-7-17-8-6-13/h9H,1-8H2,(H3,11,12). The van der Waals surface area contributed by atoms with Crippen LogP contribution in [0.15, 0.2) is 0 Å². The van der Waals surface area contributed by atoms with Gasteiger partial charge >= 0.3 is 0 Å². The highest BCUT2D eigenvalue weighted by Crippen LogP contribution is 2.30. The van der Waals surface area contributed by atoms with Gasteiger partial charge in [-0.15, -0.1) is 0 Å². The van der Waals surface area contributed by atoms with Crippen LogP contribution in [0.25, 0.3) is 0 Å². The van der Waals surface area contributed by atoms with Gasteiger partial charge in [0.2, 0.25) is 0 Å². The highest BCUT2D eigenvalue weighted by Gasteiger charge is 2.40. The first-order valence-electron chi connectivity index (χ1n) is 6.19. The fraction of sp³-hybridized carbons (Fsp3) is 0.900. The minimum absolute atomic E-state index is 0.0258. The summed E-state index contributed by atoms with van der Waals surface area (Å²) in [5, 5.41) is 7.22. The molecule has 1 saturated carbocycles. The second-order valence-corrected chi connectivity index (χ2v) is 6.52. The van der Waals surface area contributed by atoms with Gasteiger partial charge in [0.15, 0.2) is 0 Å². The molecule has 2 fully saturated rings. The molecule has 0 spiro atoms. The quantitative estimate of drug-likeness (QED) is 0.497. The van der Waals surface area contributed by atoms with Gasteiger partial charge in [-0.25, -0.2) is 0 Å². The van der Waals surface area contributed by atoms with Crippen molar-refractivity contribution in [2.75, 3.05) is 32.8 Å². The first-order chi connectivity index (χ1) is 8.51. The van der Waals surface area contributed by atoms with Crippen LogP contribution in [0, 0.1) is 5.41 Å². The maximum atomic E-state index is 12.5. The predicted octanol–water partition coefficient (Wildman–Crippen LogP) is -0.646. The molecule has 8 heteroatoms. The zero-order valence-electron chi connectivity index (χ0n) is 10.3. The molecule has 104 valence electrons. The van der Waals surface area contributed by atoms with Crippen LogP contribution >= 0.6 is 0 Å². The summed E-state index contributed by atoms with van der Waals surface area (Å²) in [5.41, 5.74) is 5.31. The minimum atomic E-state index is -3.42. The van der Waals surface area contributed by atoms with Gasteiger partial charge in [0.1, 0.15) is 0 Å². The summed E-state index contributed by atoms with van der Waals surface area (Å²) in [6.07, 6.45) is 2.10. The molecule has 2 rings (SSSR count). The predicted molar refractivity (Wildman–Crippen MR) is 67.6 cm³/mol. The zero-order chi connectivity index (χ0) is 13.2. The number of nitrogens with one attached hydrogen (secondary N) is 1. The van der Waals surface area contributed by atoms with Crippen molar-refractivity contribution in [3.63, 3.8) is 0 Å². The van der Waals surface area contributed by atoms with E-state index in [1.807, 2.05) is 0 Å². The molecule has 0 atom stereocenters. The Morgan fingerprint density at radius 3 is 2.50 bits per heavy atom. The average Bonchev–Trinajstić information content (AvgIpc) is 3.14. The summed E-state index contributed by atoms with van der Waals surface area (Å²) < 4.78 is 33.1. The molecule has 1 saturated heterocycles. The second-order valence-electron chi connectivity index (χ2n) is 4.64. The zero-order valence-corrected chi connectivity index (χ0v) is 11.2. The SMILES string of the molecule is N=C(N)CCN(C1CC1)S(=O)(=O)N1CCOCC1. The van der Waals surface area contributed by atoms with E-state index < -0.39 is 10.2 Å². The summed E-state index contributed by atoms with van der Waals surface area (Å²) in [4.78, 5) is 0. The Balaban J connectivity index is 2.05. The number of ether oxygens (including phenoxy) is 1. The van der Waals surface area contributed by atoms with Crippen molar-refractivity contribution < 1.29 is 13.2 Å². The largest absolute Gasteiger partial charge is 0.388 e. The highest BCUT2D eigenvalue weighted by atomic mass is 32.2. The molecule has 1 heterocycles. The van der Waals surface area contributed by atoms with Crippen LogP contribution in [0.1, 0.15) is 19.3 Å². The lowest BCUT2D eigenvalue weighted by atomic mass is 10.4. The third-order valence-corrected chi connectivity index (χ3v) is 5.24. The summed E-state index contributed by atoms with van der Waals surface area (Å²) in [5.74, 6) is 0.0258. The lowest BCUT2D eigenvalue weighted by molar-refractivity contribution is 0.0700. The van der Waals surface area contributed by atoms with Gasteiger partial charge in [0.25, 0.3) is 10.2 Å². The molecule has 0 radical (unpaired) electrons. The monoisotopic (exact) mass is 276 g/mol. The van der Waals surface area contributed by atoms with E-state index in [-0.39, 0.29) is 11.9 Å². The van der Waals surface area contributed by atoms with E-state index >= 15 is 0 Å². The lowest BCUT2D eigenvalue weighted by Gasteiger charge is -2.32. The van der Waals surface area contributed by atoms with Crippen LogP contribution in [-0.2, 0) is 14.9 Å². The Morgan fingerprint density at radius 1 is 1.39 bits per heavy atom. The van der Waals surface area contributed by atoms with Crippen molar-refractivity contribution in [3.8, 4) is 0 Å². The molecule has 18 heavy (non-hydrogen) atoms. The molecule has 0 aromatic rings. The third-order valence-electron chi connectivity index (χ3n) is 3.15. The molecule has 1 aliphatic heterocycles. The van der Waals surface area contributed by atoms with Crippen LogP contribution in [0.4, 0.5) is 0 Å². The lowest BCUT2D eigenvalue weighted by Crippen LogP contribution is -2.49. The Hall–Kier alpha value is -0.700. The molecule has 0 aromatic carbocycles. The molecular formula is C10H20N4O3S. The summed E-state index contributed by atoms with van der Waals surface area (Å²) in [7, 11) is -3.42. The molecule has 3 N–H and O–H groups in total. The van der Waals surface area contributed by atoms with Gasteiger partial charge in [0.05, 0.1) is 19.0 Å². The Labute approximate surface area is 108 Å². The summed E-state index contributed by atoms with van der Waals surface area (Å²) >= 11 is 0. The first kappa shape index (κ1) is 13.7. The maximum Gasteiger partial charge on any atom is 0.282 e. The van der Waals surface area contributed by atoms with Crippen molar-refractivity contribution in [1.82, 2.24) is 8.61 Å². The van der Waals surface area contributed by atoms with E-state index in [2.05, 4.69) is 0 Å². The molecule has 0 unspecified atom stereocenters. The number of nitrogens with two attached hydrogens (primary N) is 1. The molecule has 1 aliphatic carbocycles. The average molecular weight is 276 g/mol. The van der Waals surface area contributed by atoms with Gasteiger partial charge in [-0.1, -0.05) is 0 Å². The van der Waals surface area contributed by atoms with Crippen LogP contribution in [-0.4, -0.2) is 61.8 Å². The van der Waals surface area contributed by atoms with E-state index in [0.29, 0.717) is 39.3 Å². The fourth-order valence-corrected chi connectivity index (χ4v) is 3.82. The van der Waals surface area contributed by atoms with Gasteiger partial charge in [-0.05, 0) is 12.8 Å². The summed E-state index contributed by atoms with van der Waals surface area (Å²) in [6, 6.07) is 0.0946. The van der Waals surface area contributed by atoms with E-state index in [0.717, 1.165) is 12.8 Å². The topological polar surface area (TPSA) is 99.7 Å². The Kier molecular flexibility index (Phi) is 4.21. The Bertz CT molecular complexity index is 401. The smallest absolute Gasteiger partial charge is 0.282 e. The van der Waals surface area contributed by atoms with E-state index in [1.165, 1.54) is 8.61 Å². The summed E-state index contributed by atoms with van der Waals surface area (Å²) in [6.45, 7) is 2.02. The van der Waals surface area contributed by atoms with Crippen molar-refractivity contribution in [1.29, 1.82) is 5.41 Å². The normalized spacial score (nSPS) is 22.3. The molecular weight excluding hydrogens is 256 g/mol. The van der Waals surface area contributed by atoms with Crippen molar-refractivity contribution in [2.45, 2.75) is 25.3 Å². The number of hydrogen-bond acceptors (Lipinski definition) is 4. The molecule has 2 aliphatic rings. The molecule has 0 bridgehead atoms. The van der Waals surface area contributed by atoms with E-state index in [9.17, 15) is 8.42 Å². The van der Waals surface area contributed by atoms with Crippen LogP contribution in [0.2, 0.25) is 0 Å². The number of hydrogen-bond donors (Lipinski definition) is 2. The minimum Gasteiger partial charge on any atom is -0.388 e. The number of amidine groups is 1. The highest BCUT2D eigenvalue weighted by molar-refractivity contribution is 7.86. The number of morpholine rings is 1. The van der Waals surface area contributed by atoms with Gasteiger partial charge in [-0.2, -0.15) is 17.0 Å². The fourth-order valence-electron chi connectivity index (χ4n) is 2.01. The van der Waals surface area contributed by atoms with Gasteiger partial charge in [-0.3, -0.25) is 5.41 Å². The third kappa shape index (κ3) is 3.19. The maximum absolute atomic E-state index is 12.5. The second kappa shape index (κ2) is 5.52. The van der Waals surface area contributed by atoms with Crippen LogP contribution in [0.3, 0.4) is 0 Å². The molecule has 0 amide bonds. The molecule has 7 nitrogen and oxygen atoms in total. The van der Waals surface area contributed by atoms with Crippen molar-refractivity contribution in [3.05, 3.63) is 0 Å². The number of nitrogens with zero attached hydrogens (tertiary/aromatic N) is 2. The first-order valence-corrected chi connectivity index (χ1v) is 7.59. The number of rotatable bonds is 6. The van der Waals surface area contributed by atoms with Crippen LogP contribution < -0.4 is 5.73 Å². The van der Waals surface area contributed by atoms with E-state index in [4.69, 9.17) is 15.9 Å². The van der Waals surface area contributed by atoms with Gasteiger partial charge in [0, 0.05) is 32.1 Å². The molecule has 0 aromatic heterocycles. The Morgan fingerprint density at radius 2 is 2.00 bits per heavy atom.